The van der Waals surface area contributed by atoms with Crippen molar-refractivity contribution in [2.45, 2.75) is 19.8 Å². The molecule has 0 N–H and O–H groups in total. The van der Waals surface area contributed by atoms with E-state index in [1.807, 2.05) is 60.7 Å². The molecule has 4 heteroatoms. The second-order valence-corrected chi connectivity index (χ2v) is 7.93. The van der Waals surface area contributed by atoms with Gasteiger partial charge in [0.1, 0.15) is 16.0 Å². The Morgan fingerprint density at radius 2 is 1.80 bits per heavy atom. The second kappa shape index (κ2) is 7.12. The fourth-order valence-electron chi connectivity index (χ4n) is 3.57. The molecule has 1 fully saturated rings. The van der Waals surface area contributed by atoms with Gasteiger partial charge in [-0.1, -0.05) is 73.5 Å². The molecule has 0 heterocycles. The van der Waals surface area contributed by atoms with Gasteiger partial charge in [-0.05, 0) is 47.1 Å². The zero-order valence-corrected chi connectivity index (χ0v) is 15.6. The first-order valence-electron chi connectivity index (χ1n) is 8.19. The highest BCUT2D eigenvalue weighted by atomic mass is 35.5. The highest BCUT2D eigenvalue weighted by molar-refractivity contribution is 6.55. The molecule has 3 rings (SSSR count). The van der Waals surface area contributed by atoms with Crippen LogP contribution in [-0.4, -0.2) is 0 Å². The van der Waals surface area contributed by atoms with E-state index in [0.717, 1.165) is 17.1 Å². The van der Waals surface area contributed by atoms with Gasteiger partial charge in [0.15, 0.2) is 0 Å². The summed E-state index contributed by atoms with van der Waals surface area (Å²) in [6, 6.07) is 19.8. The molecule has 2 aromatic rings. The summed E-state index contributed by atoms with van der Waals surface area (Å²) in [6.45, 7) is 4.29. The maximum Gasteiger partial charge on any atom is 0.127 e. The number of nitriles is 1. The summed E-state index contributed by atoms with van der Waals surface area (Å²) in [5.41, 5.74) is 0.946. The summed E-state index contributed by atoms with van der Waals surface area (Å²) in [5.74, 6) is 1.64. The van der Waals surface area contributed by atoms with E-state index in [0.29, 0.717) is 0 Å². The van der Waals surface area contributed by atoms with Crippen LogP contribution < -0.4 is 4.74 Å². The molecule has 0 saturated heterocycles. The molecule has 2 aromatic carbocycles. The van der Waals surface area contributed by atoms with Crippen molar-refractivity contribution in [1.82, 2.24) is 0 Å². The molecule has 0 unspecified atom stereocenters. The zero-order valence-electron chi connectivity index (χ0n) is 14.1. The van der Waals surface area contributed by atoms with Crippen LogP contribution in [0.5, 0.6) is 11.5 Å². The van der Waals surface area contributed by atoms with Crippen molar-refractivity contribution in [2.75, 3.05) is 0 Å². The van der Waals surface area contributed by atoms with Crippen molar-refractivity contribution in [1.29, 1.82) is 5.26 Å². The maximum absolute atomic E-state index is 9.78. The Morgan fingerprint density at radius 1 is 1.12 bits per heavy atom. The normalized spacial score (nSPS) is 21.7. The number of ether oxygens (including phenoxy) is 1. The van der Waals surface area contributed by atoms with Crippen molar-refractivity contribution in [3.8, 4) is 17.6 Å². The molecule has 2 nitrogen and oxygen atoms in total. The number of hydrogen-bond acceptors (Lipinski definition) is 2. The highest BCUT2D eigenvalue weighted by Gasteiger charge is 2.60. The lowest BCUT2D eigenvalue weighted by molar-refractivity contribution is 0.479. The third-order valence-electron chi connectivity index (χ3n) is 5.00. The SMILES string of the molecule is CC1(C)[C@H]([C@@H](C#N)c2cccc(Oc3ccccc3)c2)[C@H]1C=C(Cl)Cl. The number of nitrogens with zero attached hydrogens (tertiary/aromatic N) is 1. The van der Waals surface area contributed by atoms with Gasteiger partial charge in [0.25, 0.3) is 0 Å². The first-order valence-corrected chi connectivity index (χ1v) is 8.94. The van der Waals surface area contributed by atoms with Crippen molar-refractivity contribution >= 4 is 23.2 Å². The molecule has 0 aromatic heterocycles. The van der Waals surface area contributed by atoms with Crippen LogP contribution >= 0.6 is 23.2 Å². The third-order valence-corrected chi connectivity index (χ3v) is 5.25. The minimum atomic E-state index is -0.233. The van der Waals surface area contributed by atoms with Crippen molar-refractivity contribution in [3.63, 3.8) is 0 Å². The molecule has 128 valence electrons. The lowest BCUT2D eigenvalue weighted by Crippen LogP contribution is -2.03. The van der Waals surface area contributed by atoms with Crippen LogP contribution in [0.4, 0.5) is 0 Å². The summed E-state index contributed by atoms with van der Waals surface area (Å²) in [7, 11) is 0. The summed E-state index contributed by atoms with van der Waals surface area (Å²) >= 11 is 11.7. The van der Waals surface area contributed by atoms with Gasteiger partial charge < -0.3 is 4.74 Å². The van der Waals surface area contributed by atoms with Crippen LogP contribution in [0.1, 0.15) is 25.3 Å². The average Bonchev–Trinajstić information content (AvgIpc) is 3.09. The van der Waals surface area contributed by atoms with Gasteiger partial charge in [-0.15, -0.1) is 0 Å². The largest absolute Gasteiger partial charge is 0.457 e. The van der Waals surface area contributed by atoms with Crippen molar-refractivity contribution < 1.29 is 4.74 Å². The van der Waals surface area contributed by atoms with Crippen LogP contribution in [-0.2, 0) is 0 Å². The minimum Gasteiger partial charge on any atom is -0.457 e. The third kappa shape index (κ3) is 3.84. The van der Waals surface area contributed by atoms with Crippen molar-refractivity contribution in [3.05, 3.63) is 70.7 Å². The fraction of sp³-hybridized carbons (Fsp3) is 0.286. The van der Waals surface area contributed by atoms with E-state index in [1.165, 1.54) is 0 Å². The van der Waals surface area contributed by atoms with E-state index in [2.05, 4.69) is 19.9 Å². The topological polar surface area (TPSA) is 33.0 Å². The Labute approximate surface area is 158 Å². The van der Waals surface area contributed by atoms with Gasteiger partial charge >= 0.3 is 0 Å². The Balaban J connectivity index is 1.84. The lowest BCUT2D eigenvalue weighted by atomic mass is 9.91. The lowest BCUT2D eigenvalue weighted by Gasteiger charge is -2.13. The number of hydrogen-bond donors (Lipinski definition) is 0. The fourth-order valence-corrected chi connectivity index (χ4v) is 3.84. The molecule has 25 heavy (non-hydrogen) atoms. The first kappa shape index (κ1) is 17.9. The number of allylic oxidation sites excluding steroid dienone is 1. The van der Waals surface area contributed by atoms with Gasteiger partial charge in [-0.2, -0.15) is 5.26 Å². The summed E-state index contributed by atoms with van der Waals surface area (Å²) in [4.78, 5) is 0. The Kier molecular flexibility index (Phi) is 5.08. The number of halogens is 2. The molecule has 1 aliphatic carbocycles. The molecule has 0 amide bonds. The molecule has 0 aliphatic heterocycles. The molecule has 1 saturated carbocycles. The zero-order chi connectivity index (χ0) is 18.0. The minimum absolute atomic E-state index is 0.00822. The smallest absolute Gasteiger partial charge is 0.127 e. The quantitative estimate of drug-likeness (QED) is 0.587. The van der Waals surface area contributed by atoms with Crippen LogP contribution in [0.15, 0.2) is 65.2 Å². The summed E-state index contributed by atoms with van der Waals surface area (Å²) < 4.78 is 6.16. The van der Waals surface area contributed by atoms with E-state index >= 15 is 0 Å². The van der Waals surface area contributed by atoms with E-state index in [4.69, 9.17) is 27.9 Å². The van der Waals surface area contributed by atoms with Crippen molar-refractivity contribution in [2.24, 2.45) is 17.3 Å². The van der Waals surface area contributed by atoms with Gasteiger partial charge in [0.05, 0.1) is 12.0 Å². The van der Waals surface area contributed by atoms with E-state index in [-0.39, 0.29) is 27.7 Å². The second-order valence-electron chi connectivity index (χ2n) is 6.92. The standard InChI is InChI=1S/C21H19Cl2NO/c1-21(2)18(12-19(22)23)20(21)17(13-24)14-7-6-10-16(11-14)25-15-8-4-3-5-9-15/h3-12,17-18,20H,1-2H3/t17-,18+,20+/m0/s1. The van der Waals surface area contributed by atoms with E-state index in [1.54, 1.807) is 0 Å². The summed E-state index contributed by atoms with van der Waals surface area (Å²) in [5, 5.41) is 9.78. The maximum atomic E-state index is 9.78. The monoisotopic (exact) mass is 371 g/mol. The van der Waals surface area contributed by atoms with Gasteiger partial charge in [-0.3, -0.25) is 0 Å². The molecule has 0 radical (unpaired) electrons. The van der Waals surface area contributed by atoms with E-state index < -0.39 is 0 Å². The Morgan fingerprint density at radius 3 is 2.44 bits per heavy atom. The molecule has 0 spiro atoms. The average molecular weight is 372 g/mol. The molecule has 0 bridgehead atoms. The van der Waals surface area contributed by atoms with Gasteiger partial charge in [0.2, 0.25) is 0 Å². The van der Waals surface area contributed by atoms with E-state index in [9.17, 15) is 5.26 Å². The molecular weight excluding hydrogens is 353 g/mol. The molecular formula is C21H19Cl2NO. The van der Waals surface area contributed by atoms with Gasteiger partial charge in [-0.25, -0.2) is 0 Å². The molecule has 3 atom stereocenters. The van der Waals surface area contributed by atoms with Gasteiger partial charge in [0, 0.05) is 0 Å². The Bertz CT molecular complexity index is 819. The van der Waals surface area contributed by atoms with Crippen LogP contribution in [0.2, 0.25) is 0 Å². The number of para-hydroxylation sites is 1. The number of benzene rings is 2. The predicted octanol–water partition coefficient (Wildman–Crippen LogP) is 6.68. The highest BCUT2D eigenvalue weighted by Crippen LogP contribution is 2.65. The number of rotatable bonds is 5. The van der Waals surface area contributed by atoms with Crippen LogP contribution in [0.25, 0.3) is 0 Å². The Hall–Kier alpha value is -1.95. The summed E-state index contributed by atoms with van der Waals surface area (Å²) in [6.07, 6.45) is 1.85. The molecule has 1 aliphatic rings. The van der Waals surface area contributed by atoms with Crippen LogP contribution in [0.3, 0.4) is 0 Å². The predicted molar refractivity (Wildman–Crippen MR) is 102 cm³/mol. The first-order chi connectivity index (χ1) is 11.9. The van der Waals surface area contributed by atoms with Crippen LogP contribution in [0, 0.1) is 28.6 Å².